The molecule has 0 amide bonds. The van der Waals surface area contributed by atoms with Gasteiger partial charge in [-0.1, -0.05) is 30.3 Å². The van der Waals surface area contributed by atoms with Gasteiger partial charge in [-0.3, -0.25) is 4.79 Å². The molecular formula is C18H20O3. The Hall–Kier alpha value is -2.29. The molecule has 0 aromatic heterocycles. The van der Waals surface area contributed by atoms with E-state index in [9.17, 15) is 9.90 Å². The van der Waals surface area contributed by atoms with Gasteiger partial charge in [0.15, 0.2) is 0 Å². The van der Waals surface area contributed by atoms with Gasteiger partial charge in [-0.25, -0.2) is 0 Å². The fourth-order valence-electron chi connectivity index (χ4n) is 1.89. The summed E-state index contributed by atoms with van der Waals surface area (Å²) in [5.74, 6) is 0.174. The number of ether oxygens (including phenoxy) is 1. The van der Waals surface area contributed by atoms with Crippen LogP contribution >= 0.6 is 0 Å². The van der Waals surface area contributed by atoms with E-state index < -0.39 is 5.41 Å². The van der Waals surface area contributed by atoms with E-state index in [-0.39, 0.29) is 11.7 Å². The van der Waals surface area contributed by atoms with Crippen LogP contribution in [-0.2, 0) is 4.79 Å². The molecule has 0 aliphatic heterocycles. The number of hydrogen-bond donors (Lipinski definition) is 1. The van der Waals surface area contributed by atoms with Crippen LogP contribution in [0.25, 0.3) is 11.1 Å². The van der Waals surface area contributed by atoms with E-state index in [4.69, 9.17) is 4.74 Å². The molecule has 1 N–H and O–H groups in total. The Balaban J connectivity index is 2.36. The minimum absolute atomic E-state index is 0.100. The number of esters is 1. The lowest BCUT2D eigenvalue weighted by Gasteiger charge is -2.18. The zero-order valence-corrected chi connectivity index (χ0v) is 12.8. The second-order valence-electron chi connectivity index (χ2n) is 6.14. The number of carbonyl (C=O) groups excluding carboxylic acids is 1. The van der Waals surface area contributed by atoms with Gasteiger partial charge in [-0.2, -0.15) is 0 Å². The van der Waals surface area contributed by atoms with E-state index >= 15 is 0 Å². The molecular weight excluding hydrogens is 264 g/mol. The molecule has 21 heavy (non-hydrogen) atoms. The van der Waals surface area contributed by atoms with Crippen LogP contribution in [0.2, 0.25) is 0 Å². The van der Waals surface area contributed by atoms with Gasteiger partial charge in [0.1, 0.15) is 11.5 Å². The van der Waals surface area contributed by atoms with Crippen molar-refractivity contribution in [3.05, 3.63) is 48.0 Å². The molecule has 3 heteroatoms. The highest BCUT2D eigenvalue weighted by Crippen LogP contribution is 2.35. The first-order chi connectivity index (χ1) is 9.79. The number of hydrogen-bond acceptors (Lipinski definition) is 3. The fourth-order valence-corrected chi connectivity index (χ4v) is 1.89. The lowest BCUT2D eigenvalue weighted by Crippen LogP contribution is -2.25. The minimum atomic E-state index is -0.583. The van der Waals surface area contributed by atoms with Gasteiger partial charge in [-0.05, 0) is 44.9 Å². The van der Waals surface area contributed by atoms with E-state index in [1.807, 2.05) is 43.3 Å². The molecule has 0 unspecified atom stereocenters. The Labute approximate surface area is 125 Å². The molecule has 0 spiro atoms. The highest BCUT2D eigenvalue weighted by Gasteiger charge is 2.24. The lowest BCUT2D eigenvalue weighted by atomic mass is 9.97. The van der Waals surface area contributed by atoms with E-state index in [0.29, 0.717) is 5.75 Å². The van der Waals surface area contributed by atoms with E-state index in [1.54, 1.807) is 20.8 Å². The molecule has 2 aromatic carbocycles. The van der Waals surface area contributed by atoms with Crippen LogP contribution in [-0.4, -0.2) is 11.1 Å². The maximum absolute atomic E-state index is 11.9. The van der Waals surface area contributed by atoms with Crippen LogP contribution in [0.4, 0.5) is 0 Å². The van der Waals surface area contributed by atoms with Crippen LogP contribution in [0, 0.1) is 12.3 Å². The number of rotatable bonds is 2. The normalized spacial score (nSPS) is 11.2. The molecule has 0 aliphatic rings. The molecule has 0 atom stereocenters. The Morgan fingerprint density at radius 1 is 1.10 bits per heavy atom. The average molecular weight is 284 g/mol. The van der Waals surface area contributed by atoms with Crippen molar-refractivity contribution in [1.29, 1.82) is 0 Å². The number of aryl methyl sites for hydroxylation is 1. The molecule has 0 saturated heterocycles. The van der Waals surface area contributed by atoms with Crippen LogP contribution < -0.4 is 4.74 Å². The summed E-state index contributed by atoms with van der Waals surface area (Å²) in [6.07, 6.45) is 0. The zero-order valence-electron chi connectivity index (χ0n) is 12.8. The molecule has 0 bridgehead atoms. The number of aromatic hydroxyl groups is 1. The predicted molar refractivity (Wildman–Crippen MR) is 83.4 cm³/mol. The van der Waals surface area contributed by atoms with Gasteiger partial charge in [0.05, 0.1) is 5.41 Å². The van der Waals surface area contributed by atoms with Crippen molar-refractivity contribution in [2.45, 2.75) is 27.7 Å². The highest BCUT2D eigenvalue weighted by molar-refractivity contribution is 5.79. The summed E-state index contributed by atoms with van der Waals surface area (Å²) in [6, 6.07) is 12.9. The third kappa shape index (κ3) is 3.43. The number of benzene rings is 2. The monoisotopic (exact) mass is 284 g/mol. The number of phenols is 1. The molecule has 2 aromatic rings. The number of phenolic OH excluding ortho intramolecular Hbond substituents is 1. The summed E-state index contributed by atoms with van der Waals surface area (Å²) in [4.78, 5) is 11.9. The second-order valence-corrected chi connectivity index (χ2v) is 6.14. The minimum Gasteiger partial charge on any atom is -0.507 e. The average Bonchev–Trinajstić information content (AvgIpc) is 2.42. The molecule has 110 valence electrons. The van der Waals surface area contributed by atoms with Crippen LogP contribution in [0.1, 0.15) is 26.3 Å². The lowest BCUT2D eigenvalue weighted by molar-refractivity contribution is -0.143. The van der Waals surface area contributed by atoms with Crippen molar-refractivity contribution in [1.82, 2.24) is 0 Å². The van der Waals surface area contributed by atoms with Crippen molar-refractivity contribution in [3.63, 3.8) is 0 Å². The first kappa shape index (κ1) is 15.1. The van der Waals surface area contributed by atoms with Crippen molar-refractivity contribution >= 4 is 5.97 Å². The van der Waals surface area contributed by atoms with Crippen molar-refractivity contribution in [2.75, 3.05) is 0 Å². The van der Waals surface area contributed by atoms with Crippen molar-refractivity contribution in [2.24, 2.45) is 5.41 Å². The first-order valence-corrected chi connectivity index (χ1v) is 6.90. The fraction of sp³-hybridized carbons (Fsp3) is 0.278. The summed E-state index contributed by atoms with van der Waals surface area (Å²) in [7, 11) is 0. The van der Waals surface area contributed by atoms with Gasteiger partial charge in [0.2, 0.25) is 0 Å². The van der Waals surface area contributed by atoms with Crippen LogP contribution in [0.15, 0.2) is 42.5 Å². The molecule has 0 aliphatic carbocycles. The van der Waals surface area contributed by atoms with E-state index in [0.717, 1.165) is 16.7 Å². The quantitative estimate of drug-likeness (QED) is 0.660. The standard InChI is InChI=1S/C18H20O3/c1-12-10-14(13-8-6-5-7-9-13)15(19)11-16(12)21-17(20)18(2,3)4/h5-11,19H,1-4H3. The summed E-state index contributed by atoms with van der Waals surface area (Å²) < 4.78 is 5.38. The Morgan fingerprint density at radius 3 is 2.29 bits per heavy atom. The molecule has 2 rings (SSSR count). The van der Waals surface area contributed by atoms with Gasteiger partial charge in [-0.15, -0.1) is 0 Å². The van der Waals surface area contributed by atoms with Crippen molar-refractivity contribution < 1.29 is 14.6 Å². The molecule has 0 saturated carbocycles. The SMILES string of the molecule is Cc1cc(-c2ccccc2)c(O)cc1OC(=O)C(C)(C)C. The maximum atomic E-state index is 11.9. The highest BCUT2D eigenvalue weighted by atomic mass is 16.5. The Morgan fingerprint density at radius 2 is 1.71 bits per heavy atom. The van der Waals surface area contributed by atoms with Gasteiger partial charge >= 0.3 is 5.97 Å². The largest absolute Gasteiger partial charge is 0.507 e. The van der Waals surface area contributed by atoms with Crippen molar-refractivity contribution in [3.8, 4) is 22.6 Å². The summed E-state index contributed by atoms with van der Waals surface area (Å²) in [6.45, 7) is 7.24. The smallest absolute Gasteiger partial charge is 0.316 e. The third-order valence-corrected chi connectivity index (χ3v) is 3.19. The molecule has 3 nitrogen and oxygen atoms in total. The third-order valence-electron chi connectivity index (χ3n) is 3.19. The molecule has 0 radical (unpaired) electrons. The summed E-state index contributed by atoms with van der Waals surface area (Å²) in [5, 5.41) is 10.2. The van der Waals surface area contributed by atoms with Gasteiger partial charge in [0.25, 0.3) is 0 Å². The summed E-state index contributed by atoms with van der Waals surface area (Å²) >= 11 is 0. The predicted octanol–water partition coefficient (Wildman–Crippen LogP) is 4.32. The zero-order chi connectivity index (χ0) is 15.6. The Kier molecular flexibility index (Phi) is 4.03. The number of carbonyl (C=O) groups is 1. The molecule has 0 fully saturated rings. The Bertz CT molecular complexity index is 652. The summed E-state index contributed by atoms with van der Waals surface area (Å²) in [5.41, 5.74) is 1.87. The molecule has 0 heterocycles. The topological polar surface area (TPSA) is 46.5 Å². The van der Waals surface area contributed by atoms with Crippen LogP contribution in [0.3, 0.4) is 0 Å². The second kappa shape index (κ2) is 5.60. The van der Waals surface area contributed by atoms with Crippen LogP contribution in [0.5, 0.6) is 11.5 Å². The first-order valence-electron chi connectivity index (χ1n) is 6.90. The van der Waals surface area contributed by atoms with Gasteiger partial charge < -0.3 is 9.84 Å². The maximum Gasteiger partial charge on any atom is 0.316 e. The van der Waals surface area contributed by atoms with E-state index in [2.05, 4.69) is 0 Å². The van der Waals surface area contributed by atoms with E-state index in [1.165, 1.54) is 6.07 Å². The van der Waals surface area contributed by atoms with Gasteiger partial charge in [0, 0.05) is 11.6 Å².